The van der Waals surface area contributed by atoms with Gasteiger partial charge in [-0.25, -0.2) is 15.0 Å². The summed E-state index contributed by atoms with van der Waals surface area (Å²) in [5, 5.41) is 0. The van der Waals surface area contributed by atoms with Gasteiger partial charge >= 0.3 is 0 Å². The Hall–Kier alpha value is -7.23. The number of hydrogen-bond acceptors (Lipinski definition) is 3. The van der Waals surface area contributed by atoms with Crippen molar-refractivity contribution in [2.45, 2.75) is 5.41 Å². The largest absolute Gasteiger partial charge is 0.208 e. The van der Waals surface area contributed by atoms with E-state index in [1.807, 2.05) is 24.3 Å². The fourth-order valence-electron chi connectivity index (χ4n) is 8.93. The lowest BCUT2D eigenvalue weighted by Crippen LogP contribution is -2.25. The topological polar surface area (TPSA) is 38.7 Å². The van der Waals surface area contributed by atoms with Crippen molar-refractivity contribution in [1.82, 2.24) is 15.0 Å². The number of hydrogen-bond donors (Lipinski definition) is 0. The number of aromatic nitrogens is 3. The maximum atomic E-state index is 5.14. The zero-order valence-corrected chi connectivity index (χ0v) is 29.9. The van der Waals surface area contributed by atoms with Crippen LogP contribution in [0.3, 0.4) is 0 Å². The van der Waals surface area contributed by atoms with Crippen molar-refractivity contribution in [2.75, 3.05) is 0 Å². The Bertz CT molecular complexity index is 2870. The molecule has 0 atom stereocenters. The quantitative estimate of drug-likeness (QED) is 0.179. The second-order valence-electron chi connectivity index (χ2n) is 14.3. The highest BCUT2D eigenvalue weighted by Gasteiger charge is 2.51. The Kier molecular flexibility index (Phi) is 7.08. The van der Waals surface area contributed by atoms with Gasteiger partial charge in [-0.15, -0.1) is 0 Å². The second-order valence-corrected chi connectivity index (χ2v) is 14.3. The third kappa shape index (κ3) is 4.87. The van der Waals surface area contributed by atoms with Crippen molar-refractivity contribution < 1.29 is 0 Å². The Balaban J connectivity index is 1.06. The molecule has 11 rings (SSSR count). The van der Waals surface area contributed by atoms with Crippen molar-refractivity contribution in [2.24, 2.45) is 0 Å². The number of rotatable bonds is 5. The van der Waals surface area contributed by atoms with Gasteiger partial charge < -0.3 is 0 Å². The zero-order valence-electron chi connectivity index (χ0n) is 29.9. The minimum absolute atomic E-state index is 0.394. The summed E-state index contributed by atoms with van der Waals surface area (Å²) in [4.78, 5) is 15.3. The van der Waals surface area contributed by atoms with Crippen LogP contribution in [0.2, 0.25) is 0 Å². The van der Waals surface area contributed by atoms with E-state index in [4.69, 9.17) is 15.0 Å². The molecule has 1 heterocycles. The van der Waals surface area contributed by atoms with Crippen LogP contribution in [-0.2, 0) is 5.41 Å². The monoisotopic (exact) mass is 699 g/mol. The summed E-state index contributed by atoms with van der Waals surface area (Å²) in [7, 11) is 0. The molecule has 0 N–H and O–H groups in total. The van der Waals surface area contributed by atoms with Crippen molar-refractivity contribution in [3.63, 3.8) is 0 Å². The summed E-state index contributed by atoms with van der Waals surface area (Å²) in [5.74, 6) is 1.93. The fraction of sp³-hybridized carbons (Fsp3) is 0.0192. The molecule has 0 unspecified atom stereocenters. The lowest BCUT2D eigenvalue weighted by atomic mass is 9.70. The predicted octanol–water partition coefficient (Wildman–Crippen LogP) is 12.6. The molecule has 0 aliphatic heterocycles. The standard InChI is InChI=1S/C52H33N3/c1-3-15-34(16-4-1)36-19-13-21-39(31-36)50-53-49(35-17-5-2-6-18-35)54-51(55-50)40-22-14-20-37(32-40)38-29-30-44-43-25-9-12-28-47(43)52(48(44)33-38)45-26-10-7-23-41(45)42-24-8-11-27-46(42)52/h1-33H. The first-order chi connectivity index (χ1) is 27.3. The number of nitrogens with zero attached hydrogens (tertiary/aromatic N) is 3. The Morgan fingerprint density at radius 3 is 1.13 bits per heavy atom. The van der Waals surface area contributed by atoms with E-state index in [0.29, 0.717) is 17.5 Å². The van der Waals surface area contributed by atoms with E-state index in [1.54, 1.807) is 0 Å². The van der Waals surface area contributed by atoms with Crippen LogP contribution in [-0.4, -0.2) is 15.0 Å². The summed E-state index contributed by atoms with van der Waals surface area (Å²) in [6.07, 6.45) is 0. The van der Waals surface area contributed by atoms with E-state index in [2.05, 4.69) is 176 Å². The van der Waals surface area contributed by atoms with Crippen LogP contribution in [0.15, 0.2) is 200 Å². The summed E-state index contributed by atoms with van der Waals surface area (Å²) >= 11 is 0. The third-order valence-corrected chi connectivity index (χ3v) is 11.3. The summed E-state index contributed by atoms with van der Waals surface area (Å²) in [6, 6.07) is 71.5. The van der Waals surface area contributed by atoms with Gasteiger partial charge in [0, 0.05) is 16.7 Å². The Morgan fingerprint density at radius 2 is 0.600 bits per heavy atom. The minimum Gasteiger partial charge on any atom is -0.208 e. The Morgan fingerprint density at radius 1 is 0.236 bits per heavy atom. The highest BCUT2D eigenvalue weighted by molar-refractivity contribution is 5.96. The molecule has 0 amide bonds. The average Bonchev–Trinajstić information content (AvgIpc) is 3.74. The van der Waals surface area contributed by atoms with Gasteiger partial charge in [0.1, 0.15) is 0 Å². The molecule has 1 aromatic heterocycles. The van der Waals surface area contributed by atoms with Crippen LogP contribution in [0, 0.1) is 0 Å². The van der Waals surface area contributed by atoms with Crippen LogP contribution in [0.4, 0.5) is 0 Å². The second kappa shape index (κ2) is 12.4. The lowest BCUT2D eigenvalue weighted by Gasteiger charge is -2.30. The van der Waals surface area contributed by atoms with Gasteiger partial charge in [-0.2, -0.15) is 0 Å². The van der Waals surface area contributed by atoms with Crippen LogP contribution in [0.25, 0.3) is 78.7 Å². The fourth-order valence-corrected chi connectivity index (χ4v) is 8.93. The van der Waals surface area contributed by atoms with Gasteiger partial charge in [0.25, 0.3) is 0 Å². The van der Waals surface area contributed by atoms with Gasteiger partial charge in [0.05, 0.1) is 5.41 Å². The zero-order chi connectivity index (χ0) is 36.3. The van der Waals surface area contributed by atoms with Crippen molar-refractivity contribution in [3.8, 4) is 78.7 Å². The summed E-state index contributed by atoms with van der Waals surface area (Å²) < 4.78 is 0. The summed E-state index contributed by atoms with van der Waals surface area (Å²) in [6.45, 7) is 0. The van der Waals surface area contributed by atoms with Crippen LogP contribution >= 0.6 is 0 Å². The minimum atomic E-state index is -0.394. The molecule has 3 nitrogen and oxygen atoms in total. The molecule has 8 aromatic carbocycles. The van der Waals surface area contributed by atoms with E-state index < -0.39 is 5.41 Å². The van der Waals surface area contributed by atoms with Gasteiger partial charge in [0.2, 0.25) is 0 Å². The lowest BCUT2D eigenvalue weighted by molar-refractivity contribution is 0.794. The van der Waals surface area contributed by atoms with Gasteiger partial charge in [-0.1, -0.05) is 182 Å². The molecule has 0 radical (unpaired) electrons. The molecular formula is C52H33N3. The predicted molar refractivity (Wildman–Crippen MR) is 223 cm³/mol. The van der Waals surface area contributed by atoms with Crippen LogP contribution < -0.4 is 0 Å². The number of benzene rings is 8. The normalized spacial score (nSPS) is 12.9. The van der Waals surface area contributed by atoms with Gasteiger partial charge in [0.15, 0.2) is 17.5 Å². The average molecular weight is 700 g/mol. The maximum Gasteiger partial charge on any atom is 0.164 e. The molecule has 0 bridgehead atoms. The molecule has 0 saturated carbocycles. The van der Waals surface area contributed by atoms with E-state index in [-0.39, 0.29) is 0 Å². The molecule has 2 aliphatic rings. The van der Waals surface area contributed by atoms with Gasteiger partial charge in [-0.3, -0.25) is 0 Å². The maximum absolute atomic E-state index is 5.14. The highest BCUT2D eigenvalue weighted by atomic mass is 15.0. The van der Waals surface area contributed by atoms with E-state index >= 15 is 0 Å². The van der Waals surface area contributed by atoms with Crippen LogP contribution in [0.1, 0.15) is 22.3 Å². The molecule has 0 saturated heterocycles. The molecule has 2 aliphatic carbocycles. The molecule has 9 aromatic rings. The Labute approximate surface area is 320 Å². The first kappa shape index (κ1) is 31.3. The molecule has 1 spiro atoms. The van der Waals surface area contributed by atoms with E-state index in [1.165, 1.54) is 44.5 Å². The molecular weight excluding hydrogens is 667 g/mol. The van der Waals surface area contributed by atoms with E-state index in [9.17, 15) is 0 Å². The number of fused-ring (bicyclic) bond motifs is 10. The van der Waals surface area contributed by atoms with E-state index in [0.717, 1.165) is 38.9 Å². The first-order valence-electron chi connectivity index (χ1n) is 18.8. The molecule has 0 fully saturated rings. The smallest absolute Gasteiger partial charge is 0.164 e. The van der Waals surface area contributed by atoms with Crippen molar-refractivity contribution >= 4 is 0 Å². The van der Waals surface area contributed by atoms with Crippen molar-refractivity contribution in [3.05, 3.63) is 222 Å². The van der Waals surface area contributed by atoms with Crippen molar-refractivity contribution in [1.29, 1.82) is 0 Å². The SMILES string of the molecule is c1ccc(-c2cccc(-c3nc(-c4ccccc4)nc(-c4cccc(-c5ccc6c(c5)C5(c7ccccc7-c7ccccc75)c5ccccc5-6)c4)n3)c2)cc1. The molecule has 55 heavy (non-hydrogen) atoms. The third-order valence-electron chi connectivity index (χ3n) is 11.3. The summed E-state index contributed by atoms with van der Waals surface area (Å²) in [5.41, 5.74) is 17.5. The molecule has 3 heteroatoms. The van der Waals surface area contributed by atoms with Crippen LogP contribution in [0.5, 0.6) is 0 Å². The highest BCUT2D eigenvalue weighted by Crippen LogP contribution is 2.63. The van der Waals surface area contributed by atoms with Gasteiger partial charge in [-0.05, 0) is 85.0 Å². The first-order valence-corrected chi connectivity index (χ1v) is 18.8. The molecule has 256 valence electrons.